The summed E-state index contributed by atoms with van der Waals surface area (Å²) >= 11 is 3.31. The van der Waals surface area contributed by atoms with Gasteiger partial charge in [0.15, 0.2) is 0 Å². The highest BCUT2D eigenvalue weighted by Crippen LogP contribution is 2.16. The van der Waals surface area contributed by atoms with E-state index in [2.05, 4.69) is 26.6 Å². The zero-order valence-electron chi connectivity index (χ0n) is 12.4. The number of carbonyl (C=O) groups excluding carboxylic acids is 2. The predicted molar refractivity (Wildman–Crippen MR) is 91.0 cm³/mol. The molecule has 0 unspecified atom stereocenters. The zero-order valence-corrected chi connectivity index (χ0v) is 14.0. The molecule has 0 aliphatic heterocycles. The van der Waals surface area contributed by atoms with Gasteiger partial charge >= 0.3 is 0 Å². The molecule has 22 heavy (non-hydrogen) atoms. The van der Waals surface area contributed by atoms with Gasteiger partial charge in [-0.05, 0) is 53.5 Å². The Balaban J connectivity index is 1.93. The van der Waals surface area contributed by atoms with Crippen LogP contribution in [-0.2, 0) is 4.79 Å². The van der Waals surface area contributed by atoms with E-state index in [1.165, 1.54) is 0 Å². The lowest BCUT2D eigenvalue weighted by Crippen LogP contribution is -2.33. The van der Waals surface area contributed by atoms with Crippen molar-refractivity contribution in [3.05, 3.63) is 63.6 Å². The van der Waals surface area contributed by atoms with E-state index in [1.54, 1.807) is 18.2 Å². The molecule has 2 N–H and O–H groups in total. The molecule has 2 aromatic carbocycles. The summed E-state index contributed by atoms with van der Waals surface area (Å²) in [6, 6.07) is 12.9. The van der Waals surface area contributed by atoms with Crippen molar-refractivity contribution in [2.45, 2.75) is 13.8 Å². The maximum Gasteiger partial charge on any atom is 0.252 e. The molecule has 0 radical (unpaired) electrons. The van der Waals surface area contributed by atoms with Crippen LogP contribution >= 0.6 is 15.9 Å². The summed E-state index contributed by atoms with van der Waals surface area (Å²) in [5.74, 6) is -0.546. The molecule has 114 valence electrons. The molecule has 2 rings (SSSR count). The van der Waals surface area contributed by atoms with Crippen LogP contribution in [-0.4, -0.2) is 18.4 Å². The normalized spacial score (nSPS) is 10.1. The molecule has 0 atom stereocenters. The topological polar surface area (TPSA) is 58.2 Å². The van der Waals surface area contributed by atoms with Gasteiger partial charge in [-0.15, -0.1) is 0 Å². The van der Waals surface area contributed by atoms with Gasteiger partial charge in [0.05, 0.1) is 12.1 Å². The second-order valence-electron chi connectivity index (χ2n) is 5.03. The molecule has 0 saturated carbocycles. The predicted octanol–water partition coefficient (Wildman–Crippen LogP) is 3.43. The minimum atomic E-state index is -0.289. The first-order chi connectivity index (χ1) is 10.5. The molecule has 0 saturated heterocycles. The number of hydrogen-bond acceptors (Lipinski definition) is 2. The van der Waals surface area contributed by atoms with Crippen LogP contribution in [0.25, 0.3) is 0 Å². The standard InChI is InChI=1S/C17H17BrN2O2/c1-11-7-8-15(12(2)9-11)20-16(21)10-19-17(22)13-5-3-4-6-14(13)18/h3-9H,10H2,1-2H3,(H,19,22)(H,20,21). The molecule has 4 nitrogen and oxygen atoms in total. The maximum atomic E-state index is 12.0. The Morgan fingerprint density at radius 2 is 1.82 bits per heavy atom. The Labute approximate surface area is 138 Å². The van der Waals surface area contributed by atoms with Gasteiger partial charge in [0.2, 0.25) is 5.91 Å². The summed E-state index contributed by atoms with van der Waals surface area (Å²) in [5, 5.41) is 5.40. The zero-order chi connectivity index (χ0) is 16.1. The number of hydrogen-bond donors (Lipinski definition) is 2. The third-order valence-electron chi connectivity index (χ3n) is 3.18. The van der Waals surface area contributed by atoms with Crippen LogP contribution < -0.4 is 10.6 Å². The second kappa shape index (κ2) is 7.22. The van der Waals surface area contributed by atoms with Crippen molar-refractivity contribution in [3.63, 3.8) is 0 Å². The molecule has 0 aliphatic rings. The Morgan fingerprint density at radius 1 is 1.09 bits per heavy atom. The van der Waals surface area contributed by atoms with Gasteiger partial charge in [0.1, 0.15) is 0 Å². The van der Waals surface area contributed by atoms with Crippen LogP contribution in [0.3, 0.4) is 0 Å². The van der Waals surface area contributed by atoms with Gasteiger partial charge in [-0.25, -0.2) is 0 Å². The fraction of sp³-hybridized carbons (Fsp3) is 0.176. The molecule has 2 amide bonds. The van der Waals surface area contributed by atoms with E-state index in [0.717, 1.165) is 16.8 Å². The first kappa shape index (κ1) is 16.2. The molecule has 0 fully saturated rings. The number of amides is 2. The quantitative estimate of drug-likeness (QED) is 0.877. The minimum Gasteiger partial charge on any atom is -0.343 e. The average Bonchev–Trinajstić information content (AvgIpc) is 2.48. The van der Waals surface area contributed by atoms with Crippen LogP contribution in [0.15, 0.2) is 46.9 Å². The van der Waals surface area contributed by atoms with Crippen LogP contribution in [0.2, 0.25) is 0 Å². The number of rotatable bonds is 4. The molecule has 0 aromatic heterocycles. The molecule has 2 aromatic rings. The molecular weight excluding hydrogens is 344 g/mol. The van der Waals surface area contributed by atoms with E-state index in [1.807, 2.05) is 38.1 Å². The lowest BCUT2D eigenvalue weighted by Gasteiger charge is -2.10. The fourth-order valence-electron chi connectivity index (χ4n) is 2.05. The van der Waals surface area contributed by atoms with E-state index in [0.29, 0.717) is 10.0 Å². The van der Waals surface area contributed by atoms with Crippen molar-refractivity contribution in [2.75, 3.05) is 11.9 Å². The van der Waals surface area contributed by atoms with Gasteiger partial charge in [-0.3, -0.25) is 9.59 Å². The lowest BCUT2D eigenvalue weighted by atomic mass is 10.1. The van der Waals surface area contributed by atoms with E-state index in [-0.39, 0.29) is 18.4 Å². The highest BCUT2D eigenvalue weighted by atomic mass is 79.9. The highest BCUT2D eigenvalue weighted by molar-refractivity contribution is 9.10. The summed E-state index contributed by atoms with van der Waals surface area (Å²) in [5.41, 5.74) is 3.38. The van der Waals surface area contributed by atoms with E-state index in [9.17, 15) is 9.59 Å². The summed E-state index contributed by atoms with van der Waals surface area (Å²) in [4.78, 5) is 23.9. The number of carbonyl (C=O) groups is 2. The summed E-state index contributed by atoms with van der Waals surface area (Å²) < 4.78 is 0.697. The van der Waals surface area contributed by atoms with Crippen LogP contribution in [0, 0.1) is 13.8 Å². The molecule has 0 heterocycles. The third kappa shape index (κ3) is 4.18. The van der Waals surface area contributed by atoms with E-state index in [4.69, 9.17) is 0 Å². The number of halogens is 1. The van der Waals surface area contributed by atoms with Crippen molar-refractivity contribution < 1.29 is 9.59 Å². The van der Waals surface area contributed by atoms with Gasteiger partial charge in [-0.1, -0.05) is 29.8 Å². The van der Waals surface area contributed by atoms with Gasteiger partial charge in [0, 0.05) is 10.2 Å². The van der Waals surface area contributed by atoms with Gasteiger partial charge < -0.3 is 10.6 Å². The Bertz CT molecular complexity index is 714. The Kier molecular flexibility index (Phi) is 5.33. The first-order valence-electron chi connectivity index (χ1n) is 6.87. The average molecular weight is 361 g/mol. The number of benzene rings is 2. The van der Waals surface area contributed by atoms with Crippen molar-refractivity contribution in [1.82, 2.24) is 5.32 Å². The molecular formula is C17H17BrN2O2. The number of anilines is 1. The summed E-state index contributed by atoms with van der Waals surface area (Å²) in [6.07, 6.45) is 0. The summed E-state index contributed by atoms with van der Waals surface area (Å²) in [6.45, 7) is 3.85. The largest absolute Gasteiger partial charge is 0.343 e. The van der Waals surface area contributed by atoms with Crippen molar-refractivity contribution in [3.8, 4) is 0 Å². The van der Waals surface area contributed by atoms with Gasteiger partial charge in [-0.2, -0.15) is 0 Å². The highest BCUT2D eigenvalue weighted by Gasteiger charge is 2.11. The number of nitrogens with one attached hydrogen (secondary N) is 2. The smallest absolute Gasteiger partial charge is 0.252 e. The van der Waals surface area contributed by atoms with E-state index >= 15 is 0 Å². The van der Waals surface area contributed by atoms with Crippen molar-refractivity contribution >= 4 is 33.4 Å². The minimum absolute atomic E-state index is 0.0759. The monoisotopic (exact) mass is 360 g/mol. The third-order valence-corrected chi connectivity index (χ3v) is 3.88. The van der Waals surface area contributed by atoms with Crippen LogP contribution in [0.4, 0.5) is 5.69 Å². The Hall–Kier alpha value is -2.14. The van der Waals surface area contributed by atoms with Gasteiger partial charge in [0.25, 0.3) is 5.91 Å². The van der Waals surface area contributed by atoms with Crippen molar-refractivity contribution in [1.29, 1.82) is 0 Å². The lowest BCUT2D eigenvalue weighted by molar-refractivity contribution is -0.115. The first-order valence-corrected chi connectivity index (χ1v) is 7.66. The van der Waals surface area contributed by atoms with Crippen LogP contribution in [0.1, 0.15) is 21.5 Å². The molecule has 5 heteroatoms. The van der Waals surface area contributed by atoms with Crippen molar-refractivity contribution in [2.24, 2.45) is 0 Å². The van der Waals surface area contributed by atoms with Crippen LogP contribution in [0.5, 0.6) is 0 Å². The Morgan fingerprint density at radius 3 is 2.50 bits per heavy atom. The maximum absolute atomic E-state index is 12.0. The molecule has 0 bridgehead atoms. The van der Waals surface area contributed by atoms with E-state index < -0.39 is 0 Å². The molecule has 0 spiro atoms. The number of aryl methyl sites for hydroxylation is 2. The molecule has 0 aliphatic carbocycles. The fourth-order valence-corrected chi connectivity index (χ4v) is 2.51. The second-order valence-corrected chi connectivity index (χ2v) is 5.88. The summed E-state index contributed by atoms with van der Waals surface area (Å²) in [7, 11) is 0. The SMILES string of the molecule is Cc1ccc(NC(=O)CNC(=O)c2ccccc2Br)c(C)c1.